The predicted molar refractivity (Wildman–Crippen MR) is 46.0 cm³/mol. The van der Waals surface area contributed by atoms with Crippen LogP contribution in [0.5, 0.6) is 0 Å². The highest BCUT2D eigenvalue weighted by atomic mass is 35.5. The van der Waals surface area contributed by atoms with Crippen LogP contribution in [0.4, 0.5) is 0 Å². The van der Waals surface area contributed by atoms with E-state index < -0.39 is 0 Å². The Morgan fingerprint density at radius 3 is 2.82 bits per heavy atom. The number of Topliss-reactive ketones (excluding diaryl/α,β-unsaturated/α-hetero) is 1. The molecule has 0 aliphatic carbocycles. The summed E-state index contributed by atoms with van der Waals surface area (Å²) in [7, 11) is 0. The lowest BCUT2D eigenvalue weighted by atomic mass is 10.2. The molecule has 0 N–H and O–H groups in total. The molecule has 1 heterocycles. The van der Waals surface area contributed by atoms with Crippen molar-refractivity contribution in [2.75, 3.05) is 5.88 Å². The van der Waals surface area contributed by atoms with Crippen LogP contribution in [0.25, 0.3) is 0 Å². The van der Waals surface area contributed by atoms with Crippen LogP contribution in [0.3, 0.4) is 0 Å². The smallest absolute Gasteiger partial charge is 0.179 e. The summed E-state index contributed by atoms with van der Waals surface area (Å²) in [6, 6.07) is 3.40. The van der Waals surface area contributed by atoms with Crippen LogP contribution in [0.1, 0.15) is 17.8 Å². The minimum Gasteiger partial charge on any atom is -0.293 e. The van der Waals surface area contributed by atoms with E-state index in [0.29, 0.717) is 5.56 Å². The second-order valence-corrected chi connectivity index (χ2v) is 2.07. The Morgan fingerprint density at radius 2 is 2.36 bits per heavy atom. The van der Waals surface area contributed by atoms with Crippen molar-refractivity contribution in [3.8, 4) is 0 Å². The van der Waals surface area contributed by atoms with Gasteiger partial charge in [-0.1, -0.05) is 7.43 Å². The van der Waals surface area contributed by atoms with Crippen molar-refractivity contribution in [2.45, 2.75) is 7.43 Å². The van der Waals surface area contributed by atoms with Gasteiger partial charge < -0.3 is 0 Å². The largest absolute Gasteiger partial charge is 0.293 e. The van der Waals surface area contributed by atoms with Crippen molar-refractivity contribution in [1.82, 2.24) is 4.98 Å². The standard InChI is InChI=1S/C7H6ClNO.CH4/c8-4-7(10)6-2-1-3-9-5-6;/h1-3,5H,4H2;1H4. The van der Waals surface area contributed by atoms with E-state index in [2.05, 4.69) is 4.98 Å². The fraction of sp³-hybridized carbons (Fsp3) is 0.250. The van der Waals surface area contributed by atoms with Gasteiger partial charge in [0.05, 0.1) is 5.88 Å². The minimum atomic E-state index is -0.0882. The Hall–Kier alpha value is -0.890. The van der Waals surface area contributed by atoms with Crippen LogP contribution in [0.15, 0.2) is 24.5 Å². The van der Waals surface area contributed by atoms with Gasteiger partial charge in [-0.2, -0.15) is 0 Å². The van der Waals surface area contributed by atoms with E-state index in [0.717, 1.165) is 0 Å². The molecule has 0 aromatic carbocycles. The van der Waals surface area contributed by atoms with E-state index in [1.165, 1.54) is 6.20 Å². The van der Waals surface area contributed by atoms with Gasteiger partial charge in [0.2, 0.25) is 0 Å². The number of rotatable bonds is 2. The van der Waals surface area contributed by atoms with Gasteiger partial charge in [-0.3, -0.25) is 9.78 Å². The number of carbonyl (C=O) groups is 1. The summed E-state index contributed by atoms with van der Waals surface area (Å²) in [6.45, 7) is 0. The maximum absolute atomic E-state index is 10.8. The minimum absolute atomic E-state index is 0. The van der Waals surface area contributed by atoms with Gasteiger partial charge in [0.1, 0.15) is 0 Å². The number of aromatic nitrogens is 1. The van der Waals surface area contributed by atoms with E-state index in [4.69, 9.17) is 11.6 Å². The molecule has 0 fully saturated rings. The second-order valence-electron chi connectivity index (χ2n) is 1.80. The fourth-order valence-electron chi connectivity index (χ4n) is 0.605. The average Bonchev–Trinajstić information content (AvgIpc) is 2.05. The van der Waals surface area contributed by atoms with Crippen molar-refractivity contribution >= 4 is 17.4 Å². The maximum Gasteiger partial charge on any atom is 0.179 e. The molecule has 1 aromatic rings. The Bertz CT molecular complexity index is 223. The molecule has 0 aliphatic heterocycles. The maximum atomic E-state index is 10.8. The Balaban J connectivity index is 0.000001000. The number of pyridine rings is 1. The van der Waals surface area contributed by atoms with Crippen molar-refractivity contribution in [1.29, 1.82) is 0 Å². The number of hydrogen-bond donors (Lipinski definition) is 0. The number of alkyl halides is 1. The van der Waals surface area contributed by atoms with Crippen LogP contribution in [-0.2, 0) is 0 Å². The second kappa shape index (κ2) is 4.85. The third-order valence-electron chi connectivity index (χ3n) is 1.10. The lowest BCUT2D eigenvalue weighted by Gasteiger charge is -1.91. The summed E-state index contributed by atoms with van der Waals surface area (Å²) in [5, 5.41) is 0. The summed E-state index contributed by atoms with van der Waals surface area (Å²) < 4.78 is 0. The molecular weight excluding hydrogens is 162 g/mol. The molecule has 0 spiro atoms. The highest BCUT2D eigenvalue weighted by Crippen LogP contribution is 1.97. The van der Waals surface area contributed by atoms with E-state index >= 15 is 0 Å². The summed E-state index contributed by atoms with van der Waals surface area (Å²) >= 11 is 5.31. The zero-order valence-corrected chi connectivity index (χ0v) is 6.01. The molecule has 0 bridgehead atoms. The normalized spacial score (nSPS) is 8.45. The van der Waals surface area contributed by atoms with Crippen LogP contribution in [-0.4, -0.2) is 16.6 Å². The number of halogens is 1. The molecule has 11 heavy (non-hydrogen) atoms. The monoisotopic (exact) mass is 171 g/mol. The van der Waals surface area contributed by atoms with Gasteiger partial charge in [0.25, 0.3) is 0 Å². The van der Waals surface area contributed by atoms with Gasteiger partial charge >= 0.3 is 0 Å². The van der Waals surface area contributed by atoms with Crippen LogP contribution >= 0.6 is 11.6 Å². The molecule has 2 nitrogen and oxygen atoms in total. The number of ketones is 1. The first-order chi connectivity index (χ1) is 4.84. The van der Waals surface area contributed by atoms with Crippen molar-refractivity contribution in [3.05, 3.63) is 30.1 Å². The lowest BCUT2D eigenvalue weighted by molar-refractivity contribution is 0.102. The summed E-state index contributed by atoms with van der Waals surface area (Å²) in [6.07, 6.45) is 3.12. The van der Waals surface area contributed by atoms with E-state index in [-0.39, 0.29) is 19.1 Å². The molecule has 1 aromatic heterocycles. The van der Waals surface area contributed by atoms with Crippen LogP contribution in [0, 0.1) is 0 Å². The molecule has 1 rings (SSSR count). The van der Waals surface area contributed by atoms with Crippen molar-refractivity contribution in [3.63, 3.8) is 0 Å². The summed E-state index contributed by atoms with van der Waals surface area (Å²) in [5.41, 5.74) is 0.567. The molecule has 3 heteroatoms. The van der Waals surface area contributed by atoms with Crippen molar-refractivity contribution in [2.24, 2.45) is 0 Å². The van der Waals surface area contributed by atoms with Gasteiger partial charge in [-0.15, -0.1) is 11.6 Å². The number of nitrogens with zero attached hydrogens (tertiary/aromatic N) is 1. The predicted octanol–water partition coefficient (Wildman–Crippen LogP) is 2.14. The Labute approximate surface area is 71.2 Å². The van der Waals surface area contributed by atoms with Crippen molar-refractivity contribution < 1.29 is 4.79 Å². The molecular formula is C8H10ClNO. The quantitative estimate of drug-likeness (QED) is 0.504. The van der Waals surface area contributed by atoms with Gasteiger partial charge in [-0.25, -0.2) is 0 Å². The zero-order chi connectivity index (χ0) is 7.40. The molecule has 60 valence electrons. The Kier molecular flexibility index (Phi) is 4.46. The van der Waals surface area contributed by atoms with E-state index in [1.807, 2.05) is 0 Å². The molecule has 0 amide bonds. The summed E-state index contributed by atoms with van der Waals surface area (Å²) in [4.78, 5) is 14.6. The average molecular weight is 172 g/mol. The molecule has 0 saturated carbocycles. The third-order valence-corrected chi connectivity index (χ3v) is 1.35. The molecule has 0 unspecified atom stereocenters. The zero-order valence-electron chi connectivity index (χ0n) is 5.25. The van der Waals surface area contributed by atoms with Gasteiger partial charge in [0.15, 0.2) is 5.78 Å². The number of carbonyl (C=O) groups excluding carboxylic acids is 1. The topological polar surface area (TPSA) is 30.0 Å². The summed E-state index contributed by atoms with van der Waals surface area (Å²) in [5.74, 6) is -0.0686. The Morgan fingerprint density at radius 1 is 1.64 bits per heavy atom. The molecule has 0 saturated heterocycles. The van der Waals surface area contributed by atoms with Gasteiger partial charge in [-0.05, 0) is 12.1 Å². The SMILES string of the molecule is C.O=C(CCl)c1cccnc1. The molecule has 0 radical (unpaired) electrons. The lowest BCUT2D eigenvalue weighted by Crippen LogP contribution is -1.99. The molecule has 0 atom stereocenters. The first-order valence-corrected chi connectivity index (χ1v) is 3.37. The highest BCUT2D eigenvalue weighted by molar-refractivity contribution is 6.30. The first kappa shape index (κ1) is 10.1. The first-order valence-electron chi connectivity index (χ1n) is 2.84. The van der Waals surface area contributed by atoms with Crippen LogP contribution in [0.2, 0.25) is 0 Å². The van der Waals surface area contributed by atoms with E-state index in [1.54, 1.807) is 18.3 Å². The van der Waals surface area contributed by atoms with Gasteiger partial charge in [0, 0.05) is 18.0 Å². The van der Waals surface area contributed by atoms with E-state index in [9.17, 15) is 4.79 Å². The third kappa shape index (κ3) is 2.68. The highest BCUT2D eigenvalue weighted by Gasteiger charge is 2.00. The fourth-order valence-corrected chi connectivity index (χ4v) is 0.759. The van der Waals surface area contributed by atoms with Crippen LogP contribution < -0.4 is 0 Å². The number of hydrogen-bond acceptors (Lipinski definition) is 2. The molecule has 0 aliphatic rings.